The summed E-state index contributed by atoms with van der Waals surface area (Å²) in [6.45, 7) is 10.6. The molecule has 0 aromatic rings. The molecular weight excluding hydrogens is 349 g/mol. The number of carbonyl (C=O) groups is 1. The molecular formula is C19H31F3O4. The quantitative estimate of drug-likeness (QED) is 0.417. The summed E-state index contributed by atoms with van der Waals surface area (Å²) in [7, 11) is 0. The van der Waals surface area contributed by atoms with Crippen molar-refractivity contribution in [1.82, 2.24) is 0 Å². The number of alkyl halides is 3. The molecule has 0 saturated heterocycles. The molecule has 1 aliphatic rings. The second-order valence-electron chi connectivity index (χ2n) is 8.02. The van der Waals surface area contributed by atoms with Gasteiger partial charge < -0.3 is 14.6 Å². The number of halogens is 3. The van der Waals surface area contributed by atoms with E-state index >= 15 is 0 Å². The van der Waals surface area contributed by atoms with Crippen molar-refractivity contribution in [2.24, 2.45) is 5.92 Å². The van der Waals surface area contributed by atoms with Crippen LogP contribution in [0.5, 0.6) is 0 Å². The fourth-order valence-electron chi connectivity index (χ4n) is 3.23. The van der Waals surface area contributed by atoms with Crippen LogP contribution in [0, 0.1) is 5.92 Å². The lowest BCUT2D eigenvalue weighted by atomic mass is 9.84. The Morgan fingerprint density at radius 1 is 1.15 bits per heavy atom. The van der Waals surface area contributed by atoms with Crippen LogP contribution in [0.25, 0.3) is 0 Å². The van der Waals surface area contributed by atoms with Crippen LogP contribution in [0.3, 0.4) is 0 Å². The van der Waals surface area contributed by atoms with Gasteiger partial charge in [-0.1, -0.05) is 6.58 Å². The van der Waals surface area contributed by atoms with Crippen LogP contribution in [0.2, 0.25) is 0 Å². The lowest BCUT2D eigenvalue weighted by Crippen LogP contribution is -2.54. The smallest absolute Gasteiger partial charge is 0.419 e. The van der Waals surface area contributed by atoms with Gasteiger partial charge in [0.15, 0.2) is 5.60 Å². The first-order valence-electron chi connectivity index (χ1n) is 9.02. The summed E-state index contributed by atoms with van der Waals surface area (Å²) >= 11 is 0. The van der Waals surface area contributed by atoms with Crippen LogP contribution in [-0.2, 0) is 14.3 Å². The van der Waals surface area contributed by atoms with Crippen molar-refractivity contribution in [2.75, 3.05) is 0 Å². The van der Waals surface area contributed by atoms with Crippen molar-refractivity contribution in [3.05, 3.63) is 12.2 Å². The predicted molar refractivity (Wildman–Crippen MR) is 92.6 cm³/mol. The monoisotopic (exact) mass is 380 g/mol. The third kappa shape index (κ3) is 5.71. The molecule has 4 nitrogen and oxygen atoms in total. The lowest BCUT2D eigenvalue weighted by Gasteiger charge is -2.41. The Balaban J connectivity index is 2.72. The molecule has 1 rings (SSSR count). The minimum atomic E-state index is -4.77. The summed E-state index contributed by atoms with van der Waals surface area (Å²) in [6.07, 6.45) is -2.84. The zero-order valence-electron chi connectivity index (χ0n) is 16.3. The van der Waals surface area contributed by atoms with Gasteiger partial charge in [-0.3, -0.25) is 0 Å². The fraction of sp³-hybridized carbons (Fsp3) is 0.842. The van der Waals surface area contributed by atoms with E-state index in [0.717, 1.165) is 19.8 Å². The summed E-state index contributed by atoms with van der Waals surface area (Å²) in [6, 6.07) is 0. The maximum Gasteiger partial charge on any atom is 0.419 e. The van der Waals surface area contributed by atoms with E-state index in [-0.39, 0.29) is 12.0 Å². The minimum absolute atomic E-state index is 0.00233. The molecule has 4 unspecified atom stereocenters. The predicted octanol–water partition coefficient (Wildman–Crippen LogP) is 4.55. The lowest BCUT2D eigenvalue weighted by molar-refractivity contribution is -0.300. The molecule has 0 bridgehead atoms. The zero-order valence-corrected chi connectivity index (χ0v) is 16.3. The van der Waals surface area contributed by atoms with Gasteiger partial charge in [0.2, 0.25) is 0 Å². The Labute approximate surface area is 153 Å². The molecule has 0 aromatic heterocycles. The molecule has 1 N–H and O–H groups in total. The highest BCUT2D eigenvalue weighted by Gasteiger charge is 2.55. The zero-order chi connectivity index (χ0) is 20.3. The van der Waals surface area contributed by atoms with Gasteiger partial charge >= 0.3 is 12.1 Å². The van der Waals surface area contributed by atoms with Crippen molar-refractivity contribution in [3.8, 4) is 0 Å². The number of esters is 1. The number of ether oxygens (including phenoxy) is 2. The third-order valence-corrected chi connectivity index (χ3v) is 5.37. The first-order valence-corrected chi connectivity index (χ1v) is 9.02. The van der Waals surface area contributed by atoms with E-state index in [1.54, 1.807) is 20.8 Å². The Hall–Kier alpha value is -1.08. The summed E-state index contributed by atoms with van der Waals surface area (Å²) in [5, 5.41) is 9.81. The van der Waals surface area contributed by atoms with Gasteiger partial charge in [-0.15, -0.1) is 0 Å². The van der Waals surface area contributed by atoms with Gasteiger partial charge in [0.05, 0.1) is 11.7 Å². The molecule has 0 aliphatic heterocycles. The normalized spacial score (nSPS) is 25.7. The Morgan fingerprint density at radius 3 is 2.23 bits per heavy atom. The molecule has 152 valence electrons. The molecule has 1 aliphatic carbocycles. The molecule has 0 amide bonds. The second kappa shape index (κ2) is 8.30. The van der Waals surface area contributed by atoms with Gasteiger partial charge in [0, 0.05) is 5.57 Å². The van der Waals surface area contributed by atoms with Crippen molar-refractivity contribution in [3.63, 3.8) is 0 Å². The van der Waals surface area contributed by atoms with Crippen LogP contribution in [-0.4, -0.2) is 40.7 Å². The van der Waals surface area contributed by atoms with E-state index in [4.69, 9.17) is 9.47 Å². The molecule has 0 heterocycles. The highest BCUT2D eigenvalue weighted by molar-refractivity contribution is 5.87. The standard InChI is InChI=1S/C19H31F3O4/c1-12(2)16(23)25-15-9-7-8-14(10-11-15)17(4,5)26-13(3)18(6,24)19(20,21)22/h13-15,24H,1,7-11H2,2-6H3. The highest BCUT2D eigenvalue weighted by atomic mass is 19.4. The molecule has 1 saturated carbocycles. The molecule has 4 atom stereocenters. The average Bonchev–Trinajstić information content (AvgIpc) is 2.71. The Bertz CT molecular complexity index is 511. The van der Waals surface area contributed by atoms with Crippen molar-refractivity contribution < 1.29 is 32.5 Å². The summed E-state index contributed by atoms with van der Waals surface area (Å²) in [4.78, 5) is 11.7. The Morgan fingerprint density at radius 2 is 1.73 bits per heavy atom. The van der Waals surface area contributed by atoms with Crippen LogP contribution in [0.4, 0.5) is 13.2 Å². The molecule has 0 radical (unpaired) electrons. The topological polar surface area (TPSA) is 55.8 Å². The molecule has 26 heavy (non-hydrogen) atoms. The SMILES string of the molecule is C=C(C)C(=O)OC1CCCC(C(C)(C)OC(C)C(C)(O)C(F)(F)F)CC1. The van der Waals surface area contributed by atoms with Gasteiger partial charge in [-0.2, -0.15) is 13.2 Å². The largest absolute Gasteiger partial charge is 0.459 e. The average molecular weight is 380 g/mol. The summed E-state index contributed by atoms with van der Waals surface area (Å²) in [5.74, 6) is -0.415. The number of aliphatic hydroxyl groups is 1. The van der Waals surface area contributed by atoms with Gasteiger partial charge in [-0.25, -0.2) is 4.79 Å². The van der Waals surface area contributed by atoms with E-state index in [2.05, 4.69) is 6.58 Å². The van der Waals surface area contributed by atoms with Crippen LogP contribution in [0.15, 0.2) is 12.2 Å². The second-order valence-corrected chi connectivity index (χ2v) is 8.02. The van der Waals surface area contributed by atoms with Gasteiger partial charge in [0.25, 0.3) is 0 Å². The number of rotatable bonds is 6. The van der Waals surface area contributed by atoms with E-state index in [1.165, 1.54) is 6.92 Å². The number of carbonyl (C=O) groups excluding carboxylic acids is 1. The maximum atomic E-state index is 13.0. The van der Waals surface area contributed by atoms with Gasteiger partial charge in [-0.05, 0) is 72.6 Å². The van der Waals surface area contributed by atoms with Crippen LogP contribution < -0.4 is 0 Å². The van der Waals surface area contributed by atoms with Crippen molar-refractivity contribution >= 4 is 5.97 Å². The summed E-state index contributed by atoms with van der Waals surface area (Å²) < 4.78 is 50.1. The molecule has 0 spiro atoms. The van der Waals surface area contributed by atoms with E-state index < -0.39 is 29.5 Å². The van der Waals surface area contributed by atoms with Gasteiger partial charge in [0.1, 0.15) is 6.10 Å². The highest BCUT2D eigenvalue weighted by Crippen LogP contribution is 2.40. The van der Waals surface area contributed by atoms with Crippen molar-refractivity contribution in [2.45, 2.75) is 96.3 Å². The van der Waals surface area contributed by atoms with Crippen LogP contribution >= 0.6 is 0 Å². The number of hydrogen-bond acceptors (Lipinski definition) is 4. The molecule has 1 fully saturated rings. The van der Waals surface area contributed by atoms with Crippen LogP contribution in [0.1, 0.15) is 66.7 Å². The molecule has 0 aromatic carbocycles. The Kier molecular flexibility index (Phi) is 7.33. The minimum Gasteiger partial charge on any atom is -0.459 e. The first-order chi connectivity index (χ1) is 11.7. The number of hydrogen-bond donors (Lipinski definition) is 1. The third-order valence-electron chi connectivity index (χ3n) is 5.37. The fourth-order valence-corrected chi connectivity index (χ4v) is 3.23. The van der Waals surface area contributed by atoms with E-state index in [1.807, 2.05) is 0 Å². The van der Waals surface area contributed by atoms with Crippen molar-refractivity contribution in [1.29, 1.82) is 0 Å². The first kappa shape index (κ1) is 23.0. The summed E-state index contributed by atoms with van der Waals surface area (Å²) in [5.41, 5.74) is -3.42. The maximum absolute atomic E-state index is 13.0. The van der Waals surface area contributed by atoms with E-state index in [0.29, 0.717) is 24.8 Å². The van der Waals surface area contributed by atoms with E-state index in [9.17, 15) is 23.1 Å². The molecule has 7 heteroatoms.